The number of hydrogen-bond donors (Lipinski definition) is 0. The number of hydrogen-bond acceptors (Lipinski definition) is 4. The molecule has 0 atom stereocenters. The number of nitrogens with zero attached hydrogens (tertiary/aromatic N) is 2. The minimum atomic E-state index is 0. The topological polar surface area (TPSA) is 54.1 Å². The molecular formula is C10H9N2O2S2Zn+. The number of rotatable bonds is 0. The molecule has 4 nitrogen and oxygen atoms in total. The van der Waals surface area contributed by atoms with Crippen molar-refractivity contribution >= 4 is 35.6 Å². The first-order chi connectivity index (χ1) is 7.61. The predicted molar refractivity (Wildman–Crippen MR) is 70.1 cm³/mol. The predicted octanol–water partition coefficient (Wildman–Crippen LogP) is 2.42. The van der Waals surface area contributed by atoms with E-state index in [1.807, 2.05) is 6.08 Å². The van der Waals surface area contributed by atoms with E-state index in [4.69, 9.17) is 0 Å². The van der Waals surface area contributed by atoms with Crippen molar-refractivity contribution in [2.75, 3.05) is 0 Å². The van der Waals surface area contributed by atoms with Gasteiger partial charge < -0.3 is 15.1 Å². The fraction of sp³-hybridized carbons (Fsp3) is 0.100. The molecule has 17 heavy (non-hydrogen) atoms. The van der Waals surface area contributed by atoms with Crippen molar-refractivity contribution in [2.24, 2.45) is 0 Å². The van der Waals surface area contributed by atoms with Crippen LogP contribution < -0.4 is 0 Å². The molecule has 0 aromatic carbocycles. The molecule has 2 rings (SSSR count). The van der Waals surface area contributed by atoms with Crippen LogP contribution in [0.2, 0.25) is 0 Å². The van der Waals surface area contributed by atoms with E-state index in [0.29, 0.717) is 25.5 Å². The van der Waals surface area contributed by atoms with Crippen molar-refractivity contribution in [2.45, 2.75) is 6.42 Å². The van der Waals surface area contributed by atoms with Gasteiger partial charge in [0.05, 0.1) is 6.42 Å². The van der Waals surface area contributed by atoms with Crippen molar-refractivity contribution < 1.29 is 24.2 Å². The molecule has 0 saturated heterocycles. The zero-order chi connectivity index (χ0) is 12.0. The summed E-state index contributed by atoms with van der Waals surface area (Å²) in [6.45, 7) is 0. The summed E-state index contributed by atoms with van der Waals surface area (Å²) >= 11 is 9.26. The molecule has 0 N–H and O–H groups in total. The molecule has 0 amide bonds. The SMILES string of the molecule is [O-][N+]1=CC=CCC1=S.[O-]n1ccccc1=S.[Zn+2]. The molecule has 0 bridgehead atoms. The maximum absolute atomic E-state index is 10.5. The van der Waals surface area contributed by atoms with Crippen molar-refractivity contribution in [3.05, 3.63) is 51.6 Å². The summed E-state index contributed by atoms with van der Waals surface area (Å²) in [5, 5.41) is 20.9. The van der Waals surface area contributed by atoms with Crippen molar-refractivity contribution in [1.29, 1.82) is 0 Å². The summed E-state index contributed by atoms with van der Waals surface area (Å²) in [4.78, 5) is 0.438. The molecule has 0 aliphatic carbocycles. The summed E-state index contributed by atoms with van der Waals surface area (Å²) in [6.07, 6.45) is 6.95. The van der Waals surface area contributed by atoms with E-state index >= 15 is 0 Å². The van der Waals surface area contributed by atoms with Crippen molar-refractivity contribution in [3.8, 4) is 0 Å². The van der Waals surface area contributed by atoms with Gasteiger partial charge in [0.1, 0.15) is 4.64 Å². The van der Waals surface area contributed by atoms with Gasteiger partial charge in [-0.25, -0.2) is 0 Å². The summed E-state index contributed by atoms with van der Waals surface area (Å²) in [5.74, 6) is 0. The molecule has 1 aliphatic rings. The Morgan fingerprint density at radius 1 is 1.29 bits per heavy atom. The fourth-order valence-electron chi connectivity index (χ4n) is 0.894. The normalized spacial score (nSPS) is 12.9. The summed E-state index contributed by atoms with van der Waals surface area (Å²) in [6, 6.07) is 4.96. The van der Waals surface area contributed by atoms with Crippen LogP contribution in [0.15, 0.2) is 36.5 Å². The molecule has 0 radical (unpaired) electrons. The van der Waals surface area contributed by atoms with E-state index < -0.39 is 0 Å². The standard InChI is InChI=1S/C5H5NOS.C5H4NOS.Zn/c2*7-6-4-2-1-3-5(6)8;/h1-2,4H,3H2;1-4H;/q;-1;+2. The molecular weight excluding hydrogens is 310 g/mol. The summed E-state index contributed by atoms with van der Waals surface area (Å²) in [5.41, 5.74) is 0. The minimum absolute atomic E-state index is 0. The Kier molecular flexibility index (Phi) is 7.78. The fourth-order valence-corrected chi connectivity index (χ4v) is 1.19. The van der Waals surface area contributed by atoms with Crippen LogP contribution in [0.5, 0.6) is 0 Å². The van der Waals surface area contributed by atoms with E-state index in [0.717, 1.165) is 0 Å². The summed E-state index contributed by atoms with van der Waals surface area (Å²) < 4.78 is 1.66. The van der Waals surface area contributed by atoms with Gasteiger partial charge in [-0.2, -0.15) is 4.74 Å². The first kappa shape index (κ1) is 16.1. The Morgan fingerprint density at radius 2 is 2.00 bits per heavy atom. The first-order valence-electron chi connectivity index (χ1n) is 4.45. The summed E-state index contributed by atoms with van der Waals surface area (Å²) in [7, 11) is 0. The third kappa shape index (κ3) is 5.82. The smallest absolute Gasteiger partial charge is 0.805 e. The average Bonchev–Trinajstić information content (AvgIpc) is 2.28. The van der Waals surface area contributed by atoms with Crippen LogP contribution in [0, 0.1) is 15.1 Å². The molecule has 0 fully saturated rings. The van der Waals surface area contributed by atoms with Gasteiger partial charge >= 0.3 is 19.5 Å². The van der Waals surface area contributed by atoms with Crippen LogP contribution in [-0.2, 0) is 19.5 Å². The van der Waals surface area contributed by atoms with Gasteiger partial charge in [-0.1, -0.05) is 24.4 Å². The maximum atomic E-state index is 10.5. The van der Waals surface area contributed by atoms with Crippen LogP contribution in [0.25, 0.3) is 0 Å². The average molecular weight is 319 g/mol. The van der Waals surface area contributed by atoms with Gasteiger partial charge in [0.15, 0.2) is 6.21 Å². The van der Waals surface area contributed by atoms with Gasteiger partial charge in [-0.3, -0.25) is 0 Å². The quantitative estimate of drug-likeness (QED) is 0.319. The molecule has 0 spiro atoms. The Labute approximate surface area is 122 Å². The van der Waals surface area contributed by atoms with Crippen LogP contribution in [0.1, 0.15) is 6.42 Å². The Balaban J connectivity index is 0.000000284. The van der Waals surface area contributed by atoms with Gasteiger partial charge in [0.2, 0.25) is 0 Å². The zero-order valence-electron chi connectivity index (χ0n) is 8.98. The molecule has 7 heteroatoms. The molecule has 0 saturated carbocycles. The van der Waals surface area contributed by atoms with E-state index in [2.05, 4.69) is 24.4 Å². The third-order valence-electron chi connectivity index (χ3n) is 1.68. The maximum Gasteiger partial charge on any atom is 2.00 e. The second kappa shape index (κ2) is 8.22. The van der Waals surface area contributed by atoms with E-state index in [-0.39, 0.29) is 19.5 Å². The van der Waals surface area contributed by atoms with Crippen LogP contribution in [0.3, 0.4) is 0 Å². The van der Waals surface area contributed by atoms with Crippen molar-refractivity contribution in [3.63, 3.8) is 0 Å². The van der Waals surface area contributed by atoms with Gasteiger partial charge in [-0.15, -0.1) is 0 Å². The van der Waals surface area contributed by atoms with Crippen LogP contribution >= 0.6 is 24.4 Å². The zero-order valence-corrected chi connectivity index (χ0v) is 13.6. The second-order valence-electron chi connectivity index (χ2n) is 2.87. The molecule has 1 aromatic heterocycles. The Hall–Kier alpha value is -0.907. The molecule has 2 heterocycles. The van der Waals surface area contributed by atoms with E-state index in [1.54, 1.807) is 24.3 Å². The largest absolute Gasteiger partial charge is 2.00 e. The number of aromatic nitrogens is 1. The number of thiocarbonyl (C=S) groups is 1. The van der Waals surface area contributed by atoms with Crippen LogP contribution in [0.4, 0.5) is 0 Å². The van der Waals surface area contributed by atoms with Gasteiger partial charge in [0.25, 0.3) is 4.99 Å². The van der Waals surface area contributed by atoms with Crippen LogP contribution in [-0.4, -0.2) is 20.7 Å². The molecule has 1 aromatic rings. The minimum Gasteiger partial charge on any atom is -0.805 e. The molecule has 1 aliphatic heterocycles. The first-order valence-corrected chi connectivity index (χ1v) is 5.27. The Morgan fingerprint density at radius 3 is 2.35 bits per heavy atom. The number of pyridine rings is 1. The monoisotopic (exact) mass is 317 g/mol. The molecule has 84 valence electrons. The van der Waals surface area contributed by atoms with E-state index in [9.17, 15) is 10.4 Å². The third-order valence-corrected chi connectivity index (χ3v) is 2.35. The number of hydroxylamine groups is 1. The molecule has 0 unspecified atom stereocenters. The Bertz CT molecular complexity index is 497. The second-order valence-corrected chi connectivity index (χ2v) is 3.76. The van der Waals surface area contributed by atoms with Crippen molar-refractivity contribution in [1.82, 2.24) is 4.73 Å². The van der Waals surface area contributed by atoms with Gasteiger partial charge in [-0.05, 0) is 36.6 Å². The van der Waals surface area contributed by atoms with E-state index in [1.165, 1.54) is 12.4 Å². The number of allylic oxidation sites excluding steroid dienone is 1. The van der Waals surface area contributed by atoms with Gasteiger partial charge in [0, 0.05) is 0 Å².